The lowest BCUT2D eigenvalue weighted by molar-refractivity contribution is -0.136. The molecule has 0 spiro atoms. The summed E-state index contributed by atoms with van der Waals surface area (Å²) in [6.07, 6.45) is 19.2. The highest BCUT2D eigenvalue weighted by atomic mass is 16.5. The molecule has 0 fully saturated rings. The molecular formula is C27H45NO3. The van der Waals surface area contributed by atoms with Crippen LogP contribution in [0.15, 0.2) is 91.1 Å². The molecule has 0 aromatic carbocycles. The fourth-order valence-corrected chi connectivity index (χ4v) is 1.29. The Kier molecular flexibility index (Phi) is 40.0. The number of ether oxygens (including phenoxy) is 1. The van der Waals surface area contributed by atoms with Crippen LogP contribution in [0.1, 0.15) is 53.9 Å². The van der Waals surface area contributed by atoms with E-state index in [4.69, 9.17) is 9.84 Å². The molecule has 0 atom stereocenters. The average molecular weight is 432 g/mol. The fourth-order valence-electron chi connectivity index (χ4n) is 1.29. The highest BCUT2D eigenvalue weighted by molar-refractivity contribution is 5.69. The molecule has 0 aromatic rings. The van der Waals surface area contributed by atoms with Crippen LogP contribution in [-0.4, -0.2) is 37.0 Å². The smallest absolute Gasteiger partial charge is 0.307 e. The van der Waals surface area contributed by atoms with Gasteiger partial charge in [-0.15, -0.1) is 26.3 Å². The molecule has 4 heteroatoms. The second-order valence-electron chi connectivity index (χ2n) is 6.09. The van der Waals surface area contributed by atoms with E-state index >= 15 is 0 Å². The number of aliphatic carboxylic acids is 1. The number of carboxylic acids is 1. The molecule has 1 N–H and O–H groups in total. The van der Waals surface area contributed by atoms with Crippen molar-refractivity contribution >= 4 is 12.2 Å². The van der Waals surface area contributed by atoms with Gasteiger partial charge < -0.3 is 9.84 Å². The normalized spacial score (nSPS) is 10.6. The summed E-state index contributed by atoms with van der Waals surface area (Å²) < 4.78 is 5.03. The molecule has 0 aromatic heterocycles. The van der Waals surface area contributed by atoms with E-state index in [2.05, 4.69) is 63.4 Å². The standard InChI is InChI=1S/C8H13NO.C8H14.C6H10O2.C5H8/c1-3-5-9-6-8-10-7-4-2;1-4-6-7-8(3)5-2;1-3-5(2)4-6(7)8;1-3-5-4-2/h3-4,6H,1-2,5,7-8H2;4-6H,7H2,1-3H3;3H,4H2,1-2H3,(H,7,8);3-4H,1-2,5H2/b;6-4+,8-5+;5-3+;. The SMILES string of the molecule is C/C=C(\C)CC(=O)O.C/C=C/C/C(C)=C/C.C=CCC=C.C=CCN=CCOCC=C. The molecule has 0 amide bonds. The first-order chi connectivity index (χ1) is 14.8. The highest BCUT2D eigenvalue weighted by Crippen LogP contribution is 1.98. The minimum atomic E-state index is -0.763. The van der Waals surface area contributed by atoms with Crippen LogP contribution in [0, 0.1) is 0 Å². The van der Waals surface area contributed by atoms with Crippen molar-refractivity contribution in [3.63, 3.8) is 0 Å². The van der Waals surface area contributed by atoms with Gasteiger partial charge in [-0.2, -0.15) is 0 Å². The van der Waals surface area contributed by atoms with Crippen molar-refractivity contribution in [1.29, 1.82) is 0 Å². The van der Waals surface area contributed by atoms with Crippen LogP contribution in [0.4, 0.5) is 0 Å². The second-order valence-corrected chi connectivity index (χ2v) is 6.09. The summed E-state index contributed by atoms with van der Waals surface area (Å²) in [5.41, 5.74) is 2.33. The Balaban J connectivity index is -0.000000161. The minimum Gasteiger partial charge on any atom is -0.481 e. The van der Waals surface area contributed by atoms with Gasteiger partial charge in [-0.25, -0.2) is 0 Å². The second kappa shape index (κ2) is 34.8. The van der Waals surface area contributed by atoms with Gasteiger partial charge >= 0.3 is 5.97 Å². The van der Waals surface area contributed by atoms with E-state index in [0.717, 1.165) is 18.4 Å². The van der Waals surface area contributed by atoms with Gasteiger partial charge in [-0.1, -0.05) is 59.8 Å². The lowest BCUT2D eigenvalue weighted by Crippen LogP contribution is -1.94. The van der Waals surface area contributed by atoms with Crippen molar-refractivity contribution in [3.8, 4) is 0 Å². The van der Waals surface area contributed by atoms with Crippen molar-refractivity contribution in [2.75, 3.05) is 19.8 Å². The van der Waals surface area contributed by atoms with E-state index in [1.807, 2.05) is 26.0 Å². The summed E-state index contributed by atoms with van der Waals surface area (Å²) in [4.78, 5) is 13.9. The third-order valence-corrected chi connectivity index (χ3v) is 3.22. The molecule has 176 valence electrons. The van der Waals surface area contributed by atoms with Crippen LogP contribution in [0.5, 0.6) is 0 Å². The van der Waals surface area contributed by atoms with Gasteiger partial charge in [0, 0.05) is 6.21 Å². The Morgan fingerprint density at radius 2 is 1.48 bits per heavy atom. The zero-order valence-corrected chi connectivity index (χ0v) is 20.5. The predicted octanol–water partition coefficient (Wildman–Crippen LogP) is 7.54. The number of rotatable bonds is 12. The summed E-state index contributed by atoms with van der Waals surface area (Å²) in [6.45, 7) is 25.7. The first-order valence-corrected chi connectivity index (χ1v) is 10.4. The zero-order valence-electron chi connectivity index (χ0n) is 20.5. The van der Waals surface area contributed by atoms with Crippen molar-refractivity contribution in [2.45, 2.75) is 53.9 Å². The van der Waals surface area contributed by atoms with Gasteiger partial charge in [0.05, 0.1) is 26.2 Å². The number of carboxylic acid groups (broad SMARTS) is 1. The molecule has 0 aliphatic carbocycles. The maximum atomic E-state index is 9.93. The number of carbonyl (C=O) groups is 1. The van der Waals surface area contributed by atoms with E-state index in [-0.39, 0.29) is 6.42 Å². The quantitative estimate of drug-likeness (QED) is 0.197. The van der Waals surface area contributed by atoms with Crippen LogP contribution in [-0.2, 0) is 9.53 Å². The molecule has 0 saturated heterocycles. The first kappa shape index (κ1) is 35.7. The molecule has 0 rings (SSSR count). The number of hydrogen-bond donors (Lipinski definition) is 1. The maximum Gasteiger partial charge on any atom is 0.307 e. The number of nitrogens with zero attached hydrogens (tertiary/aromatic N) is 1. The molecule has 4 nitrogen and oxygen atoms in total. The number of aliphatic imine (C=N–C) groups is 1. The van der Waals surface area contributed by atoms with Gasteiger partial charge in [0.15, 0.2) is 0 Å². The Morgan fingerprint density at radius 1 is 0.903 bits per heavy atom. The number of allylic oxidation sites excluding steroid dienone is 7. The molecule has 0 saturated carbocycles. The Labute approximate surface area is 191 Å². The molecule has 31 heavy (non-hydrogen) atoms. The summed E-state index contributed by atoms with van der Waals surface area (Å²) in [5, 5.41) is 8.17. The van der Waals surface area contributed by atoms with Crippen LogP contribution in [0.2, 0.25) is 0 Å². The van der Waals surface area contributed by atoms with Crippen molar-refractivity contribution in [1.82, 2.24) is 0 Å². The Bertz CT molecular complexity index is 561. The topological polar surface area (TPSA) is 58.9 Å². The molecule has 0 heterocycles. The van der Waals surface area contributed by atoms with Gasteiger partial charge in [0.2, 0.25) is 0 Å². The van der Waals surface area contributed by atoms with E-state index in [0.29, 0.717) is 19.8 Å². The van der Waals surface area contributed by atoms with Crippen LogP contribution >= 0.6 is 0 Å². The molecule has 0 aliphatic heterocycles. The van der Waals surface area contributed by atoms with Gasteiger partial charge in [0.1, 0.15) is 0 Å². The molecule has 0 aliphatic rings. The van der Waals surface area contributed by atoms with E-state index in [1.165, 1.54) is 5.57 Å². The minimum absolute atomic E-state index is 0.163. The third kappa shape index (κ3) is 52.2. The summed E-state index contributed by atoms with van der Waals surface area (Å²) in [7, 11) is 0. The first-order valence-electron chi connectivity index (χ1n) is 10.4. The molecule has 0 radical (unpaired) electrons. The molecule has 0 bridgehead atoms. The monoisotopic (exact) mass is 431 g/mol. The highest BCUT2D eigenvalue weighted by Gasteiger charge is 1.94. The molecule has 0 unspecified atom stereocenters. The summed E-state index contributed by atoms with van der Waals surface area (Å²) in [5.74, 6) is -0.763. The third-order valence-electron chi connectivity index (χ3n) is 3.22. The Hall–Kier alpha value is -2.72. The van der Waals surface area contributed by atoms with Crippen LogP contribution in [0.3, 0.4) is 0 Å². The molecular weight excluding hydrogens is 386 g/mol. The van der Waals surface area contributed by atoms with Crippen molar-refractivity contribution in [3.05, 3.63) is 86.1 Å². The largest absolute Gasteiger partial charge is 0.481 e. The number of hydrogen-bond acceptors (Lipinski definition) is 3. The van der Waals surface area contributed by atoms with E-state index in [9.17, 15) is 4.79 Å². The van der Waals surface area contributed by atoms with Gasteiger partial charge in [-0.3, -0.25) is 9.79 Å². The van der Waals surface area contributed by atoms with Crippen LogP contribution < -0.4 is 0 Å². The van der Waals surface area contributed by atoms with Crippen molar-refractivity contribution in [2.24, 2.45) is 4.99 Å². The Morgan fingerprint density at radius 3 is 1.81 bits per heavy atom. The van der Waals surface area contributed by atoms with Crippen LogP contribution in [0.25, 0.3) is 0 Å². The van der Waals surface area contributed by atoms with Crippen molar-refractivity contribution < 1.29 is 14.6 Å². The fraction of sp³-hybridized carbons (Fsp3) is 0.407. The summed E-state index contributed by atoms with van der Waals surface area (Å²) >= 11 is 0. The lowest BCUT2D eigenvalue weighted by atomic mass is 10.2. The van der Waals surface area contributed by atoms with Gasteiger partial charge in [-0.05, 0) is 47.5 Å². The van der Waals surface area contributed by atoms with E-state index in [1.54, 1.807) is 31.4 Å². The average Bonchev–Trinajstić information content (AvgIpc) is 2.76. The van der Waals surface area contributed by atoms with E-state index < -0.39 is 5.97 Å². The zero-order chi connectivity index (χ0) is 24.8. The lowest BCUT2D eigenvalue weighted by Gasteiger charge is -1.91. The summed E-state index contributed by atoms with van der Waals surface area (Å²) in [6, 6.07) is 0. The van der Waals surface area contributed by atoms with Gasteiger partial charge in [0.25, 0.3) is 0 Å². The predicted molar refractivity (Wildman–Crippen MR) is 140 cm³/mol. The maximum absolute atomic E-state index is 9.93.